The van der Waals surface area contributed by atoms with Gasteiger partial charge in [-0.3, -0.25) is 19.8 Å². The first kappa shape index (κ1) is 17.4. The summed E-state index contributed by atoms with van der Waals surface area (Å²) in [4.78, 5) is 35.6. The van der Waals surface area contributed by atoms with Gasteiger partial charge in [0, 0.05) is 6.54 Å². The molecule has 7 nitrogen and oxygen atoms in total. The molecule has 0 rings (SSSR count). The zero-order valence-corrected chi connectivity index (χ0v) is 12.0. The lowest BCUT2D eigenvalue weighted by Crippen LogP contribution is -2.46. The second kappa shape index (κ2) is 9.32. The third-order valence-electron chi connectivity index (χ3n) is 2.32. The topological polar surface area (TPSA) is 87.7 Å². The summed E-state index contributed by atoms with van der Waals surface area (Å²) in [6, 6.07) is -0.521. The fraction of sp³-hybridized carbons (Fsp3) is 0.750. The predicted molar refractivity (Wildman–Crippen MR) is 70.5 cm³/mol. The Morgan fingerprint density at radius 3 is 2.32 bits per heavy atom. The number of ether oxygens (including phenoxy) is 1. The maximum atomic E-state index is 11.6. The number of rotatable bonds is 7. The van der Waals surface area contributed by atoms with Crippen molar-refractivity contribution in [3.63, 3.8) is 0 Å². The molecule has 0 saturated carbocycles. The van der Waals surface area contributed by atoms with Crippen molar-refractivity contribution >= 4 is 17.9 Å². The summed E-state index contributed by atoms with van der Waals surface area (Å²) >= 11 is 0. The monoisotopic (exact) mass is 273 g/mol. The molecule has 0 bridgehead atoms. The average molecular weight is 273 g/mol. The number of hydrogen-bond acceptors (Lipinski definition) is 5. The summed E-state index contributed by atoms with van der Waals surface area (Å²) in [5.74, 6) is -0.557. The lowest BCUT2D eigenvalue weighted by atomic mass is 10.2. The van der Waals surface area contributed by atoms with Gasteiger partial charge in [0.1, 0.15) is 0 Å². The highest BCUT2D eigenvalue weighted by Gasteiger charge is 2.15. The maximum Gasteiger partial charge on any atom is 0.321 e. The molecule has 0 heterocycles. The highest BCUT2D eigenvalue weighted by Crippen LogP contribution is 1.90. The SMILES string of the molecule is CCN(CC(=O)NC(=O)NCC(C)C)CC(=O)OC. The van der Waals surface area contributed by atoms with Crippen LogP contribution in [0.2, 0.25) is 0 Å². The number of urea groups is 1. The van der Waals surface area contributed by atoms with Gasteiger partial charge < -0.3 is 10.1 Å². The van der Waals surface area contributed by atoms with Crippen LogP contribution < -0.4 is 10.6 Å². The molecule has 19 heavy (non-hydrogen) atoms. The number of nitrogens with one attached hydrogen (secondary N) is 2. The number of hydrogen-bond donors (Lipinski definition) is 2. The molecule has 0 radical (unpaired) electrons. The van der Waals surface area contributed by atoms with Crippen LogP contribution in [0.15, 0.2) is 0 Å². The summed E-state index contributed by atoms with van der Waals surface area (Å²) in [5.41, 5.74) is 0. The highest BCUT2D eigenvalue weighted by molar-refractivity contribution is 5.95. The minimum atomic E-state index is -0.521. The molecule has 0 fully saturated rings. The van der Waals surface area contributed by atoms with E-state index in [0.29, 0.717) is 19.0 Å². The van der Waals surface area contributed by atoms with Crippen molar-refractivity contribution < 1.29 is 19.1 Å². The Bertz CT molecular complexity index is 318. The van der Waals surface area contributed by atoms with Gasteiger partial charge in [0.2, 0.25) is 5.91 Å². The fourth-order valence-corrected chi connectivity index (χ4v) is 1.24. The summed E-state index contributed by atoms with van der Waals surface area (Å²) in [6.45, 7) is 6.73. The van der Waals surface area contributed by atoms with Crippen LogP contribution in [0.5, 0.6) is 0 Å². The second-order valence-corrected chi connectivity index (χ2v) is 4.53. The summed E-state index contributed by atoms with van der Waals surface area (Å²) in [7, 11) is 1.29. The Morgan fingerprint density at radius 1 is 1.21 bits per heavy atom. The first-order valence-electron chi connectivity index (χ1n) is 6.25. The molecule has 0 aromatic heterocycles. The van der Waals surface area contributed by atoms with Gasteiger partial charge in [-0.15, -0.1) is 0 Å². The smallest absolute Gasteiger partial charge is 0.321 e. The van der Waals surface area contributed by atoms with Crippen LogP contribution in [0.4, 0.5) is 4.79 Å². The normalized spacial score (nSPS) is 10.4. The Hall–Kier alpha value is -1.63. The number of nitrogens with zero attached hydrogens (tertiary/aromatic N) is 1. The first-order chi connectivity index (χ1) is 8.88. The number of esters is 1. The second-order valence-electron chi connectivity index (χ2n) is 4.53. The highest BCUT2D eigenvalue weighted by atomic mass is 16.5. The van der Waals surface area contributed by atoms with Crippen LogP contribution in [0.3, 0.4) is 0 Å². The molecule has 0 unspecified atom stereocenters. The Kier molecular flexibility index (Phi) is 8.52. The number of methoxy groups -OCH3 is 1. The van der Waals surface area contributed by atoms with Crippen LogP contribution in [0, 0.1) is 5.92 Å². The van der Waals surface area contributed by atoms with Crippen LogP contribution >= 0.6 is 0 Å². The first-order valence-corrected chi connectivity index (χ1v) is 6.25. The number of carbonyl (C=O) groups excluding carboxylic acids is 3. The van der Waals surface area contributed by atoms with E-state index >= 15 is 0 Å². The number of carbonyl (C=O) groups is 3. The molecule has 0 spiro atoms. The molecular weight excluding hydrogens is 250 g/mol. The molecule has 110 valence electrons. The lowest BCUT2D eigenvalue weighted by Gasteiger charge is -2.18. The molecule has 0 aromatic rings. The minimum absolute atomic E-state index is 0.0219. The molecule has 0 atom stereocenters. The number of amides is 3. The van der Waals surface area contributed by atoms with E-state index in [1.165, 1.54) is 7.11 Å². The standard InChI is InChI=1S/C12H23N3O4/c1-5-15(8-11(17)19-4)7-10(16)14-12(18)13-6-9(2)3/h9H,5-8H2,1-4H3,(H2,13,14,16,18). The summed E-state index contributed by atoms with van der Waals surface area (Å²) in [5, 5.41) is 4.78. The lowest BCUT2D eigenvalue weighted by molar-refractivity contribution is -0.142. The Balaban J connectivity index is 4.06. The molecule has 0 aromatic carbocycles. The van der Waals surface area contributed by atoms with E-state index < -0.39 is 17.9 Å². The quantitative estimate of drug-likeness (QED) is 0.636. The van der Waals surface area contributed by atoms with E-state index in [9.17, 15) is 14.4 Å². The van der Waals surface area contributed by atoms with E-state index in [1.807, 2.05) is 20.8 Å². The molecule has 0 aliphatic heterocycles. The van der Waals surface area contributed by atoms with Gasteiger partial charge >= 0.3 is 12.0 Å². The number of imide groups is 1. The zero-order valence-electron chi connectivity index (χ0n) is 12.0. The largest absolute Gasteiger partial charge is 0.468 e. The Labute approximate surface area is 113 Å². The van der Waals surface area contributed by atoms with Gasteiger partial charge in [-0.1, -0.05) is 20.8 Å². The Morgan fingerprint density at radius 2 is 1.84 bits per heavy atom. The van der Waals surface area contributed by atoms with Crippen molar-refractivity contribution in [2.45, 2.75) is 20.8 Å². The molecule has 0 aliphatic carbocycles. The van der Waals surface area contributed by atoms with Crippen molar-refractivity contribution in [3.05, 3.63) is 0 Å². The van der Waals surface area contributed by atoms with Crippen molar-refractivity contribution in [1.29, 1.82) is 0 Å². The van der Waals surface area contributed by atoms with Crippen molar-refractivity contribution in [2.75, 3.05) is 33.3 Å². The fourth-order valence-electron chi connectivity index (χ4n) is 1.24. The third kappa shape index (κ3) is 9.01. The van der Waals surface area contributed by atoms with Gasteiger partial charge in [-0.05, 0) is 12.5 Å². The van der Waals surface area contributed by atoms with E-state index in [-0.39, 0.29) is 13.1 Å². The molecule has 3 amide bonds. The van der Waals surface area contributed by atoms with Crippen molar-refractivity contribution in [1.82, 2.24) is 15.5 Å². The molecule has 7 heteroatoms. The minimum Gasteiger partial charge on any atom is -0.468 e. The zero-order chi connectivity index (χ0) is 14.8. The maximum absolute atomic E-state index is 11.6. The van der Waals surface area contributed by atoms with E-state index in [2.05, 4.69) is 15.4 Å². The molecule has 0 saturated heterocycles. The average Bonchev–Trinajstić information content (AvgIpc) is 2.35. The van der Waals surface area contributed by atoms with Crippen LogP contribution in [-0.4, -0.2) is 56.1 Å². The third-order valence-corrected chi connectivity index (χ3v) is 2.32. The van der Waals surface area contributed by atoms with Crippen LogP contribution in [0.1, 0.15) is 20.8 Å². The van der Waals surface area contributed by atoms with Crippen LogP contribution in [-0.2, 0) is 14.3 Å². The predicted octanol–water partition coefficient (Wildman–Crippen LogP) is -0.0369. The van der Waals surface area contributed by atoms with Gasteiger partial charge in [-0.25, -0.2) is 4.79 Å². The van der Waals surface area contributed by atoms with Crippen molar-refractivity contribution in [2.24, 2.45) is 5.92 Å². The van der Waals surface area contributed by atoms with Crippen LogP contribution in [0.25, 0.3) is 0 Å². The molecule has 0 aliphatic rings. The number of likely N-dealkylation sites (N-methyl/N-ethyl adjacent to an activating group) is 1. The van der Waals surface area contributed by atoms with Crippen molar-refractivity contribution in [3.8, 4) is 0 Å². The van der Waals surface area contributed by atoms with Gasteiger partial charge in [0.25, 0.3) is 0 Å². The van der Waals surface area contributed by atoms with Gasteiger partial charge in [0.05, 0.1) is 20.2 Å². The molecular formula is C12H23N3O4. The summed E-state index contributed by atoms with van der Waals surface area (Å²) < 4.78 is 4.52. The van der Waals surface area contributed by atoms with E-state index in [0.717, 1.165) is 0 Å². The van der Waals surface area contributed by atoms with E-state index in [4.69, 9.17) is 0 Å². The summed E-state index contributed by atoms with van der Waals surface area (Å²) in [6.07, 6.45) is 0. The molecule has 2 N–H and O–H groups in total. The van der Waals surface area contributed by atoms with Gasteiger partial charge in [0.15, 0.2) is 0 Å². The van der Waals surface area contributed by atoms with Gasteiger partial charge in [-0.2, -0.15) is 0 Å². The van der Waals surface area contributed by atoms with E-state index in [1.54, 1.807) is 4.90 Å².